The third kappa shape index (κ3) is 3.77. The van der Waals surface area contributed by atoms with Crippen molar-refractivity contribution in [3.8, 4) is 0 Å². The zero-order valence-electron chi connectivity index (χ0n) is 10.8. The highest BCUT2D eigenvalue weighted by molar-refractivity contribution is 7.80. The molecular weight excluding hydrogens is 248 g/mol. The molecule has 2 N–H and O–H groups in total. The van der Waals surface area contributed by atoms with Gasteiger partial charge in [-0.05, 0) is 32.0 Å². The first-order chi connectivity index (χ1) is 8.36. The summed E-state index contributed by atoms with van der Waals surface area (Å²) in [6.07, 6.45) is 0. The van der Waals surface area contributed by atoms with Crippen molar-refractivity contribution in [1.29, 1.82) is 0 Å². The monoisotopic (exact) mass is 266 g/mol. The van der Waals surface area contributed by atoms with Crippen LogP contribution in [0.4, 0.5) is 0 Å². The van der Waals surface area contributed by atoms with Crippen molar-refractivity contribution >= 4 is 24.4 Å². The Morgan fingerprint density at radius 1 is 1.33 bits per heavy atom. The highest BCUT2D eigenvalue weighted by atomic mass is 32.1. The fraction of sp³-hybridized carbons (Fsp3) is 0.385. The fourth-order valence-electron chi connectivity index (χ4n) is 1.47. The summed E-state index contributed by atoms with van der Waals surface area (Å²) >= 11 is 4.18. The van der Waals surface area contributed by atoms with Crippen LogP contribution in [0.5, 0.6) is 0 Å². The van der Waals surface area contributed by atoms with Gasteiger partial charge in [0.2, 0.25) is 5.91 Å². The Labute approximate surface area is 113 Å². The minimum Gasteiger partial charge on any atom is -0.359 e. The highest BCUT2D eigenvalue weighted by Gasteiger charge is 2.27. The average molecular weight is 266 g/mol. The number of carbonyl (C=O) groups is 2. The Bertz CT molecular complexity index is 458. The van der Waals surface area contributed by atoms with Crippen LogP contribution in [0.25, 0.3) is 0 Å². The van der Waals surface area contributed by atoms with E-state index in [1.807, 2.05) is 0 Å². The molecule has 0 aliphatic rings. The molecule has 4 nitrogen and oxygen atoms in total. The molecule has 0 saturated carbocycles. The van der Waals surface area contributed by atoms with E-state index in [-0.39, 0.29) is 18.4 Å². The molecule has 0 radical (unpaired) electrons. The van der Waals surface area contributed by atoms with Crippen LogP contribution < -0.4 is 10.6 Å². The molecule has 0 heterocycles. The van der Waals surface area contributed by atoms with Gasteiger partial charge in [0.15, 0.2) is 0 Å². The van der Waals surface area contributed by atoms with Crippen molar-refractivity contribution in [3.05, 3.63) is 29.8 Å². The molecule has 0 atom stereocenters. The summed E-state index contributed by atoms with van der Waals surface area (Å²) in [7, 11) is 1.58. The maximum atomic E-state index is 11.9. The number of amides is 2. The molecule has 0 bridgehead atoms. The van der Waals surface area contributed by atoms with Gasteiger partial charge in [0.25, 0.3) is 5.91 Å². The molecule has 0 aliphatic carbocycles. The normalized spacial score (nSPS) is 10.9. The number of nitrogens with one attached hydrogen (secondary N) is 2. The first-order valence-corrected chi connectivity index (χ1v) is 6.11. The van der Waals surface area contributed by atoms with E-state index >= 15 is 0 Å². The van der Waals surface area contributed by atoms with Gasteiger partial charge in [-0.25, -0.2) is 0 Å². The van der Waals surface area contributed by atoms with E-state index in [1.165, 1.54) is 0 Å². The number of carbonyl (C=O) groups excluding carboxylic acids is 2. The minimum atomic E-state index is -0.636. The Kier molecular flexibility index (Phi) is 4.78. The molecule has 5 heteroatoms. The van der Waals surface area contributed by atoms with Crippen LogP contribution in [0, 0.1) is 5.41 Å². The van der Waals surface area contributed by atoms with Gasteiger partial charge in [0.05, 0.1) is 5.41 Å². The van der Waals surface area contributed by atoms with Crippen LogP contribution in [0.15, 0.2) is 29.2 Å². The molecular formula is C13H18N2O2S. The maximum absolute atomic E-state index is 11.9. The Balaban J connectivity index is 2.64. The average Bonchev–Trinajstić information content (AvgIpc) is 2.35. The van der Waals surface area contributed by atoms with Crippen molar-refractivity contribution < 1.29 is 9.59 Å². The van der Waals surface area contributed by atoms with Crippen LogP contribution in [0.2, 0.25) is 0 Å². The van der Waals surface area contributed by atoms with Crippen LogP contribution in [-0.4, -0.2) is 25.4 Å². The van der Waals surface area contributed by atoms with Crippen molar-refractivity contribution in [2.24, 2.45) is 5.41 Å². The molecule has 0 fully saturated rings. The Morgan fingerprint density at radius 2 is 2.00 bits per heavy atom. The standard InChI is InChI=1S/C13H18N2O2S/c1-13(2,12(17)14-3)8-15-11(16)9-5-4-6-10(18)7-9/h4-7,18H,8H2,1-3H3,(H,14,17)(H,15,16). The second-order valence-electron chi connectivity index (χ2n) is 4.70. The number of hydrogen-bond donors (Lipinski definition) is 3. The van der Waals surface area contributed by atoms with E-state index < -0.39 is 5.41 Å². The molecule has 18 heavy (non-hydrogen) atoms. The Morgan fingerprint density at radius 3 is 2.56 bits per heavy atom. The molecule has 1 aromatic carbocycles. The molecule has 1 aromatic rings. The van der Waals surface area contributed by atoms with Gasteiger partial charge in [-0.2, -0.15) is 0 Å². The van der Waals surface area contributed by atoms with Gasteiger partial charge in [0.1, 0.15) is 0 Å². The Hall–Kier alpha value is -1.49. The summed E-state index contributed by atoms with van der Waals surface area (Å²) in [6, 6.07) is 6.96. The number of benzene rings is 1. The SMILES string of the molecule is CNC(=O)C(C)(C)CNC(=O)c1cccc(S)c1. The van der Waals surface area contributed by atoms with Crippen LogP contribution in [0.3, 0.4) is 0 Å². The third-order valence-corrected chi connectivity index (χ3v) is 2.92. The number of thiol groups is 1. The van der Waals surface area contributed by atoms with Crippen molar-refractivity contribution in [1.82, 2.24) is 10.6 Å². The maximum Gasteiger partial charge on any atom is 0.251 e. The fourth-order valence-corrected chi connectivity index (χ4v) is 1.69. The van der Waals surface area contributed by atoms with E-state index in [9.17, 15) is 9.59 Å². The third-order valence-electron chi connectivity index (χ3n) is 2.64. The largest absolute Gasteiger partial charge is 0.359 e. The molecule has 0 aromatic heterocycles. The quantitative estimate of drug-likeness (QED) is 0.723. The first-order valence-electron chi connectivity index (χ1n) is 5.66. The lowest BCUT2D eigenvalue weighted by Gasteiger charge is -2.22. The second kappa shape index (κ2) is 5.91. The minimum absolute atomic E-state index is 0.106. The summed E-state index contributed by atoms with van der Waals surface area (Å²) in [4.78, 5) is 24.2. The molecule has 0 spiro atoms. The number of hydrogen-bond acceptors (Lipinski definition) is 3. The molecule has 98 valence electrons. The van der Waals surface area contributed by atoms with E-state index in [4.69, 9.17) is 0 Å². The summed E-state index contributed by atoms with van der Waals surface area (Å²) in [6.45, 7) is 3.84. The molecule has 0 saturated heterocycles. The van der Waals surface area contributed by atoms with Gasteiger partial charge >= 0.3 is 0 Å². The van der Waals surface area contributed by atoms with Crippen LogP contribution in [0.1, 0.15) is 24.2 Å². The van der Waals surface area contributed by atoms with E-state index in [0.717, 1.165) is 4.90 Å². The molecule has 0 aliphatic heterocycles. The van der Waals surface area contributed by atoms with Crippen molar-refractivity contribution in [2.75, 3.05) is 13.6 Å². The van der Waals surface area contributed by atoms with Gasteiger partial charge in [-0.3, -0.25) is 9.59 Å². The van der Waals surface area contributed by atoms with Gasteiger partial charge in [-0.1, -0.05) is 6.07 Å². The van der Waals surface area contributed by atoms with Crippen molar-refractivity contribution in [3.63, 3.8) is 0 Å². The van der Waals surface area contributed by atoms with E-state index in [2.05, 4.69) is 23.3 Å². The zero-order chi connectivity index (χ0) is 13.8. The first kappa shape index (κ1) is 14.6. The van der Waals surface area contributed by atoms with Gasteiger partial charge < -0.3 is 10.6 Å². The lowest BCUT2D eigenvalue weighted by molar-refractivity contribution is -0.128. The van der Waals surface area contributed by atoms with Gasteiger partial charge in [0, 0.05) is 24.1 Å². The summed E-state index contributed by atoms with van der Waals surface area (Å²) in [5, 5.41) is 5.32. The molecule has 0 unspecified atom stereocenters. The predicted molar refractivity (Wildman–Crippen MR) is 73.9 cm³/mol. The summed E-state index contributed by atoms with van der Waals surface area (Å²) in [5.74, 6) is -0.311. The summed E-state index contributed by atoms with van der Waals surface area (Å²) in [5.41, 5.74) is -0.0987. The number of rotatable bonds is 4. The topological polar surface area (TPSA) is 58.2 Å². The zero-order valence-corrected chi connectivity index (χ0v) is 11.7. The van der Waals surface area contributed by atoms with Crippen molar-refractivity contribution in [2.45, 2.75) is 18.7 Å². The van der Waals surface area contributed by atoms with E-state index in [0.29, 0.717) is 5.56 Å². The molecule has 2 amide bonds. The van der Waals surface area contributed by atoms with Crippen LogP contribution in [-0.2, 0) is 4.79 Å². The van der Waals surface area contributed by atoms with Crippen LogP contribution >= 0.6 is 12.6 Å². The molecule has 1 rings (SSSR count). The predicted octanol–water partition coefficient (Wildman–Crippen LogP) is 1.48. The second-order valence-corrected chi connectivity index (χ2v) is 5.21. The smallest absolute Gasteiger partial charge is 0.251 e. The van der Waals surface area contributed by atoms with E-state index in [1.54, 1.807) is 45.2 Å². The lowest BCUT2D eigenvalue weighted by atomic mass is 9.92. The van der Waals surface area contributed by atoms with Gasteiger partial charge in [-0.15, -0.1) is 12.6 Å². The summed E-state index contributed by atoms with van der Waals surface area (Å²) < 4.78 is 0. The highest BCUT2D eigenvalue weighted by Crippen LogP contribution is 2.14. The lowest BCUT2D eigenvalue weighted by Crippen LogP contribution is -2.43.